The fraction of sp³-hybridized carbons (Fsp3) is 0.778. The van der Waals surface area contributed by atoms with Crippen molar-refractivity contribution in [1.82, 2.24) is 24.5 Å². The van der Waals surface area contributed by atoms with Crippen LogP contribution in [-0.4, -0.2) is 83.9 Å². The van der Waals surface area contributed by atoms with E-state index < -0.39 is 0 Å². The van der Waals surface area contributed by atoms with E-state index >= 15 is 0 Å². The van der Waals surface area contributed by atoms with Crippen molar-refractivity contribution in [3.8, 4) is 0 Å². The summed E-state index contributed by atoms with van der Waals surface area (Å²) in [5.74, 6) is 1.83. The van der Waals surface area contributed by atoms with Crippen LogP contribution in [0.15, 0.2) is 4.99 Å². The largest absolute Gasteiger partial charge is 0.353 e. The highest BCUT2D eigenvalue weighted by atomic mass is 32.1. The van der Waals surface area contributed by atoms with Crippen molar-refractivity contribution < 1.29 is 4.79 Å². The molecule has 2 fully saturated rings. The van der Waals surface area contributed by atoms with E-state index in [1.54, 1.807) is 19.0 Å². The van der Waals surface area contributed by atoms with Gasteiger partial charge >= 0.3 is 0 Å². The molecular formula is C18H31N7OS. The zero-order valence-corrected chi connectivity index (χ0v) is 17.5. The molecule has 2 heterocycles. The van der Waals surface area contributed by atoms with Crippen LogP contribution in [0.2, 0.25) is 0 Å². The molecule has 0 aromatic carbocycles. The van der Waals surface area contributed by atoms with Gasteiger partial charge < -0.3 is 20.0 Å². The molecule has 1 N–H and O–H groups in total. The van der Waals surface area contributed by atoms with Gasteiger partial charge in [0.15, 0.2) is 5.96 Å². The molecule has 0 unspecified atom stereocenters. The summed E-state index contributed by atoms with van der Waals surface area (Å²) in [6.07, 6.45) is 5.78. The van der Waals surface area contributed by atoms with Crippen LogP contribution in [0, 0.1) is 0 Å². The van der Waals surface area contributed by atoms with Gasteiger partial charge in [-0.1, -0.05) is 19.8 Å². The highest BCUT2D eigenvalue weighted by Gasteiger charge is 2.25. The van der Waals surface area contributed by atoms with Crippen molar-refractivity contribution in [3.63, 3.8) is 0 Å². The number of aromatic nitrogens is 2. The molecule has 1 aromatic rings. The zero-order chi connectivity index (χ0) is 19.2. The maximum atomic E-state index is 12.0. The van der Waals surface area contributed by atoms with E-state index in [1.807, 2.05) is 0 Å². The van der Waals surface area contributed by atoms with E-state index in [2.05, 4.69) is 36.4 Å². The lowest BCUT2D eigenvalue weighted by atomic mass is 10.2. The number of nitrogens with zero attached hydrogens (tertiary/aromatic N) is 6. The number of aryl methyl sites for hydroxylation is 1. The summed E-state index contributed by atoms with van der Waals surface area (Å²) in [7, 11) is 3.54. The summed E-state index contributed by atoms with van der Waals surface area (Å²) in [4.78, 5) is 27.4. The van der Waals surface area contributed by atoms with Gasteiger partial charge in [-0.2, -0.15) is 4.37 Å². The van der Waals surface area contributed by atoms with Gasteiger partial charge in [-0.3, -0.25) is 4.79 Å². The molecule has 1 saturated heterocycles. The van der Waals surface area contributed by atoms with Crippen molar-refractivity contribution in [2.75, 3.05) is 51.7 Å². The van der Waals surface area contributed by atoms with Gasteiger partial charge in [-0.25, -0.2) is 9.98 Å². The lowest BCUT2D eigenvalue weighted by Crippen LogP contribution is -2.54. The van der Waals surface area contributed by atoms with E-state index in [0.717, 1.165) is 49.5 Å². The highest BCUT2D eigenvalue weighted by Crippen LogP contribution is 2.20. The summed E-state index contributed by atoms with van der Waals surface area (Å²) >= 11 is 1.48. The number of anilines is 1. The summed E-state index contributed by atoms with van der Waals surface area (Å²) in [5, 5.41) is 4.62. The van der Waals surface area contributed by atoms with Crippen LogP contribution in [0.1, 0.15) is 38.4 Å². The topological polar surface area (TPSA) is 77.0 Å². The third-order valence-electron chi connectivity index (χ3n) is 5.17. The maximum Gasteiger partial charge on any atom is 0.243 e. The SMILES string of the molecule is CCc1nsc(N2CCN(C(=NCC(=O)N(C)C)NC3CCCC3)CC2)n1. The molecule has 1 saturated carbocycles. The molecular weight excluding hydrogens is 362 g/mol. The van der Waals surface area contributed by atoms with Gasteiger partial charge in [0.1, 0.15) is 12.4 Å². The van der Waals surface area contributed by atoms with Crippen LogP contribution in [0.25, 0.3) is 0 Å². The molecule has 1 aliphatic heterocycles. The molecule has 1 aliphatic carbocycles. The standard InChI is InChI=1S/C18H31N7OS/c1-4-15-21-18(27-22-15)25-11-9-24(10-12-25)17(19-13-16(26)23(2)3)20-14-7-5-6-8-14/h14H,4-13H2,1-3H3,(H,19,20). The van der Waals surface area contributed by atoms with Gasteiger partial charge in [0.05, 0.1) is 0 Å². The molecule has 8 nitrogen and oxygen atoms in total. The Bertz CT molecular complexity index is 646. The molecule has 9 heteroatoms. The number of aliphatic imine (C=N–C) groups is 1. The normalized spacial score (nSPS) is 18.9. The average molecular weight is 394 g/mol. The number of nitrogens with one attached hydrogen (secondary N) is 1. The number of hydrogen-bond donors (Lipinski definition) is 1. The van der Waals surface area contributed by atoms with Crippen molar-refractivity contribution in [1.29, 1.82) is 0 Å². The van der Waals surface area contributed by atoms with Crippen LogP contribution >= 0.6 is 11.5 Å². The van der Waals surface area contributed by atoms with Crippen molar-refractivity contribution in [3.05, 3.63) is 5.82 Å². The monoisotopic (exact) mass is 393 g/mol. The lowest BCUT2D eigenvalue weighted by molar-refractivity contribution is -0.127. The number of guanidine groups is 1. The molecule has 27 heavy (non-hydrogen) atoms. The second-order valence-corrected chi connectivity index (χ2v) is 8.10. The molecule has 1 amide bonds. The highest BCUT2D eigenvalue weighted by molar-refractivity contribution is 7.09. The van der Waals surface area contributed by atoms with E-state index in [0.29, 0.717) is 6.04 Å². The van der Waals surface area contributed by atoms with E-state index in [4.69, 9.17) is 0 Å². The van der Waals surface area contributed by atoms with Crippen LogP contribution in [0.4, 0.5) is 5.13 Å². The van der Waals surface area contributed by atoms with Gasteiger partial charge in [0.2, 0.25) is 11.0 Å². The number of hydrogen-bond acceptors (Lipinski definition) is 6. The molecule has 0 radical (unpaired) electrons. The van der Waals surface area contributed by atoms with Crippen LogP contribution < -0.4 is 10.2 Å². The minimum atomic E-state index is 0.0281. The lowest BCUT2D eigenvalue weighted by Gasteiger charge is -2.37. The molecule has 3 rings (SSSR count). The fourth-order valence-electron chi connectivity index (χ4n) is 3.40. The second kappa shape index (κ2) is 9.34. The number of amides is 1. The first-order valence-corrected chi connectivity index (χ1v) is 10.7. The Balaban J connectivity index is 1.62. The first kappa shape index (κ1) is 19.9. The minimum Gasteiger partial charge on any atom is -0.353 e. The first-order valence-electron chi connectivity index (χ1n) is 9.90. The molecule has 0 bridgehead atoms. The Morgan fingerprint density at radius 2 is 1.96 bits per heavy atom. The summed E-state index contributed by atoms with van der Waals surface area (Å²) in [5.41, 5.74) is 0. The Kier molecular flexibility index (Phi) is 6.87. The first-order chi connectivity index (χ1) is 13.1. The Labute approximate surface area is 165 Å². The quantitative estimate of drug-likeness (QED) is 0.598. The molecule has 1 aromatic heterocycles. The van der Waals surface area contributed by atoms with Crippen LogP contribution in [0.5, 0.6) is 0 Å². The Morgan fingerprint density at radius 3 is 2.56 bits per heavy atom. The number of piperazine rings is 1. The summed E-state index contributed by atoms with van der Waals surface area (Å²) in [6, 6.07) is 0.478. The second-order valence-electron chi connectivity index (χ2n) is 7.37. The predicted molar refractivity (Wildman–Crippen MR) is 109 cm³/mol. The molecule has 0 spiro atoms. The Hall–Kier alpha value is -1.90. The summed E-state index contributed by atoms with van der Waals surface area (Å²) < 4.78 is 4.39. The number of likely N-dealkylation sites (N-methyl/N-ethyl adjacent to an activating group) is 1. The summed E-state index contributed by atoms with van der Waals surface area (Å²) in [6.45, 7) is 5.80. The smallest absolute Gasteiger partial charge is 0.243 e. The average Bonchev–Trinajstić information content (AvgIpc) is 3.36. The predicted octanol–water partition coefficient (Wildman–Crippen LogP) is 1.20. The van der Waals surface area contributed by atoms with Crippen molar-refractivity contribution >= 4 is 28.5 Å². The van der Waals surface area contributed by atoms with Gasteiger partial charge in [0.25, 0.3) is 0 Å². The molecule has 2 aliphatic rings. The third kappa shape index (κ3) is 5.31. The maximum absolute atomic E-state index is 12.0. The zero-order valence-electron chi connectivity index (χ0n) is 16.6. The number of rotatable bonds is 5. The Morgan fingerprint density at radius 1 is 1.26 bits per heavy atom. The van der Waals surface area contributed by atoms with Gasteiger partial charge in [-0.05, 0) is 12.8 Å². The molecule has 0 atom stereocenters. The third-order valence-corrected chi connectivity index (χ3v) is 5.99. The fourth-order valence-corrected chi connectivity index (χ4v) is 4.20. The van der Waals surface area contributed by atoms with Crippen molar-refractivity contribution in [2.45, 2.75) is 45.1 Å². The van der Waals surface area contributed by atoms with Gasteiger partial charge in [-0.15, -0.1) is 0 Å². The minimum absolute atomic E-state index is 0.0281. The van der Waals surface area contributed by atoms with Crippen LogP contribution in [-0.2, 0) is 11.2 Å². The van der Waals surface area contributed by atoms with Crippen molar-refractivity contribution in [2.24, 2.45) is 4.99 Å². The van der Waals surface area contributed by atoms with Crippen LogP contribution in [0.3, 0.4) is 0 Å². The van der Waals surface area contributed by atoms with Gasteiger partial charge in [0, 0.05) is 64.3 Å². The van der Waals surface area contributed by atoms with E-state index in [-0.39, 0.29) is 12.5 Å². The molecule has 150 valence electrons. The number of carbonyl (C=O) groups excluding carboxylic acids is 1. The van der Waals surface area contributed by atoms with E-state index in [9.17, 15) is 4.79 Å². The van der Waals surface area contributed by atoms with E-state index in [1.165, 1.54) is 37.2 Å². The number of carbonyl (C=O) groups is 1.